The molecule has 33 heavy (non-hydrogen) atoms. The van der Waals surface area contributed by atoms with Gasteiger partial charge in [-0.05, 0) is 67.0 Å². The Hall–Kier alpha value is -1.79. The molecular formula is C26H31Cl2NO4. The highest BCUT2D eigenvalue weighted by Gasteiger charge is 2.57. The molecule has 0 bridgehead atoms. The number of ether oxygens (including phenoxy) is 2. The molecule has 4 rings (SSSR count). The Labute approximate surface area is 205 Å². The Bertz CT molecular complexity index is 983. The van der Waals surface area contributed by atoms with E-state index in [2.05, 4.69) is 37.4 Å². The van der Waals surface area contributed by atoms with Gasteiger partial charge in [0.1, 0.15) is 12.4 Å². The summed E-state index contributed by atoms with van der Waals surface area (Å²) in [5, 5.41) is 13.3. The van der Waals surface area contributed by atoms with Crippen LogP contribution in [-0.2, 0) is 9.53 Å². The lowest BCUT2D eigenvalue weighted by Crippen LogP contribution is -2.42. The van der Waals surface area contributed by atoms with E-state index in [9.17, 15) is 4.79 Å². The first-order valence-electron chi connectivity index (χ1n) is 11.5. The second-order valence-corrected chi connectivity index (χ2v) is 10.1. The van der Waals surface area contributed by atoms with Gasteiger partial charge in [0.25, 0.3) is 0 Å². The smallest absolute Gasteiger partial charge is 0.226 e. The van der Waals surface area contributed by atoms with E-state index in [4.69, 9.17) is 37.8 Å². The number of halogens is 2. The first-order chi connectivity index (χ1) is 15.8. The van der Waals surface area contributed by atoms with Gasteiger partial charge in [0.2, 0.25) is 5.91 Å². The third-order valence-electron chi connectivity index (χ3n) is 7.31. The van der Waals surface area contributed by atoms with E-state index in [1.165, 1.54) is 5.56 Å². The Balaban J connectivity index is 1.63. The summed E-state index contributed by atoms with van der Waals surface area (Å²) in [6, 6.07) is 13.9. The van der Waals surface area contributed by atoms with Crippen LogP contribution in [0, 0.1) is 11.3 Å². The molecule has 0 aromatic heterocycles. The highest BCUT2D eigenvalue weighted by atomic mass is 35.5. The van der Waals surface area contributed by atoms with Gasteiger partial charge in [0.15, 0.2) is 0 Å². The van der Waals surface area contributed by atoms with Crippen molar-refractivity contribution in [3.8, 4) is 5.75 Å². The summed E-state index contributed by atoms with van der Waals surface area (Å²) in [5.41, 5.74) is 1.86. The molecule has 5 atom stereocenters. The molecule has 0 spiro atoms. The molecule has 1 saturated carbocycles. The summed E-state index contributed by atoms with van der Waals surface area (Å²) in [6.07, 6.45) is 1.69. The normalized spacial score (nSPS) is 28.9. The first kappa shape index (κ1) is 24.3. The SMILES string of the molecule is C[C@H]1NC(=O)[C@]2(C)CC[C@@H](c3ccc(OCCOCCO)cc3Cl)[C@H](c3ccc(Cl)cc3)[C@H]12. The maximum absolute atomic E-state index is 12.9. The molecule has 0 radical (unpaired) electrons. The molecule has 1 saturated heterocycles. The number of hydrogen-bond acceptors (Lipinski definition) is 4. The largest absolute Gasteiger partial charge is 0.491 e. The number of aliphatic hydroxyl groups is 1. The van der Waals surface area contributed by atoms with Crippen molar-refractivity contribution in [2.24, 2.45) is 11.3 Å². The molecule has 0 unspecified atom stereocenters. The molecule has 1 heterocycles. The molecule has 1 aliphatic carbocycles. The summed E-state index contributed by atoms with van der Waals surface area (Å²) in [5.74, 6) is 1.29. The minimum atomic E-state index is -0.398. The number of carbonyl (C=O) groups excluding carboxylic acids is 1. The fourth-order valence-corrected chi connectivity index (χ4v) is 6.23. The van der Waals surface area contributed by atoms with Crippen molar-refractivity contribution in [3.05, 3.63) is 63.6 Å². The number of carbonyl (C=O) groups is 1. The monoisotopic (exact) mass is 491 g/mol. The lowest BCUT2D eigenvalue weighted by molar-refractivity contribution is -0.129. The van der Waals surface area contributed by atoms with Crippen LogP contribution in [0.5, 0.6) is 5.75 Å². The van der Waals surface area contributed by atoms with Crippen LogP contribution in [-0.4, -0.2) is 43.5 Å². The Kier molecular flexibility index (Phi) is 7.54. The van der Waals surface area contributed by atoms with Gasteiger partial charge < -0.3 is 19.9 Å². The number of fused-ring (bicyclic) bond motifs is 1. The van der Waals surface area contributed by atoms with Crippen molar-refractivity contribution >= 4 is 29.1 Å². The lowest BCUT2D eigenvalue weighted by Gasteiger charge is -2.46. The molecule has 1 aliphatic heterocycles. The summed E-state index contributed by atoms with van der Waals surface area (Å²) in [4.78, 5) is 12.9. The zero-order chi connectivity index (χ0) is 23.6. The van der Waals surface area contributed by atoms with Crippen LogP contribution in [0.3, 0.4) is 0 Å². The Morgan fingerprint density at radius 2 is 1.88 bits per heavy atom. The highest BCUT2D eigenvalue weighted by molar-refractivity contribution is 6.31. The fraction of sp³-hybridized carbons (Fsp3) is 0.500. The number of amides is 1. The van der Waals surface area contributed by atoms with E-state index in [0.29, 0.717) is 35.6 Å². The third-order valence-corrected chi connectivity index (χ3v) is 7.88. The molecule has 2 aromatic carbocycles. The van der Waals surface area contributed by atoms with Gasteiger partial charge in [-0.25, -0.2) is 0 Å². The van der Waals surface area contributed by atoms with E-state index >= 15 is 0 Å². The molecule has 2 fully saturated rings. The topological polar surface area (TPSA) is 67.8 Å². The number of nitrogens with one attached hydrogen (secondary N) is 1. The van der Waals surface area contributed by atoms with E-state index in [0.717, 1.165) is 18.4 Å². The number of benzene rings is 2. The van der Waals surface area contributed by atoms with Crippen molar-refractivity contribution in [2.45, 2.75) is 44.6 Å². The molecular weight excluding hydrogens is 461 g/mol. The van der Waals surface area contributed by atoms with Crippen LogP contribution >= 0.6 is 23.2 Å². The van der Waals surface area contributed by atoms with Gasteiger partial charge in [-0.15, -0.1) is 0 Å². The average Bonchev–Trinajstić information content (AvgIpc) is 3.02. The van der Waals surface area contributed by atoms with Crippen LogP contribution in [0.25, 0.3) is 0 Å². The number of hydrogen-bond donors (Lipinski definition) is 2. The predicted octanol–water partition coefficient (Wildman–Crippen LogP) is 5.18. The number of rotatable bonds is 8. The molecule has 7 heteroatoms. The van der Waals surface area contributed by atoms with Crippen molar-refractivity contribution in [3.63, 3.8) is 0 Å². The zero-order valence-electron chi connectivity index (χ0n) is 19.0. The molecule has 1 amide bonds. The van der Waals surface area contributed by atoms with E-state index in [-0.39, 0.29) is 36.3 Å². The lowest BCUT2D eigenvalue weighted by atomic mass is 9.56. The van der Waals surface area contributed by atoms with Crippen LogP contribution in [0.15, 0.2) is 42.5 Å². The second-order valence-electron chi connectivity index (χ2n) is 9.30. The molecule has 5 nitrogen and oxygen atoms in total. The third kappa shape index (κ3) is 4.88. The molecule has 2 aromatic rings. The van der Waals surface area contributed by atoms with Crippen LogP contribution < -0.4 is 10.1 Å². The van der Waals surface area contributed by atoms with Crippen molar-refractivity contribution < 1.29 is 19.4 Å². The van der Waals surface area contributed by atoms with Gasteiger partial charge in [-0.3, -0.25) is 4.79 Å². The molecule has 2 N–H and O–H groups in total. The summed E-state index contributed by atoms with van der Waals surface area (Å²) in [6.45, 7) is 5.30. The predicted molar refractivity (Wildman–Crippen MR) is 130 cm³/mol. The van der Waals surface area contributed by atoms with Crippen LogP contribution in [0.2, 0.25) is 10.0 Å². The van der Waals surface area contributed by atoms with Gasteiger partial charge in [-0.1, -0.05) is 48.3 Å². The van der Waals surface area contributed by atoms with Gasteiger partial charge in [0.05, 0.1) is 25.2 Å². The summed E-state index contributed by atoms with van der Waals surface area (Å²) >= 11 is 13.0. The van der Waals surface area contributed by atoms with Crippen molar-refractivity contribution in [2.75, 3.05) is 26.4 Å². The van der Waals surface area contributed by atoms with Crippen LogP contribution in [0.1, 0.15) is 49.7 Å². The van der Waals surface area contributed by atoms with E-state index in [1.54, 1.807) is 0 Å². The minimum absolute atomic E-state index is 0.00350. The van der Waals surface area contributed by atoms with Crippen molar-refractivity contribution in [1.82, 2.24) is 5.32 Å². The van der Waals surface area contributed by atoms with E-state index in [1.807, 2.05) is 24.3 Å². The quantitative estimate of drug-likeness (QED) is 0.499. The second kappa shape index (κ2) is 10.2. The molecule has 178 valence electrons. The summed E-state index contributed by atoms with van der Waals surface area (Å²) in [7, 11) is 0. The maximum atomic E-state index is 12.9. The average molecular weight is 492 g/mol. The van der Waals surface area contributed by atoms with E-state index < -0.39 is 5.41 Å². The van der Waals surface area contributed by atoms with Crippen LogP contribution in [0.4, 0.5) is 0 Å². The Morgan fingerprint density at radius 3 is 2.58 bits per heavy atom. The Morgan fingerprint density at radius 1 is 1.12 bits per heavy atom. The highest BCUT2D eigenvalue weighted by Crippen LogP contribution is 2.59. The molecule has 2 aliphatic rings. The zero-order valence-corrected chi connectivity index (χ0v) is 20.5. The van der Waals surface area contributed by atoms with Crippen molar-refractivity contribution in [1.29, 1.82) is 0 Å². The van der Waals surface area contributed by atoms with Gasteiger partial charge in [0, 0.05) is 22.0 Å². The summed E-state index contributed by atoms with van der Waals surface area (Å²) < 4.78 is 11.0. The first-order valence-corrected chi connectivity index (χ1v) is 12.3. The van der Waals surface area contributed by atoms with Gasteiger partial charge >= 0.3 is 0 Å². The standard InChI is InChI=1S/C26H31Cl2NO4/c1-16-24-23(17-3-5-18(27)6-4-17)21(9-10-26(24,2)25(31)29-16)20-8-7-19(15-22(20)28)33-14-13-32-12-11-30/h3-8,15-16,21,23-24,30H,9-14H2,1-2H3,(H,29,31)/t16-,21+,23+,24+,26-/m1/s1. The maximum Gasteiger partial charge on any atom is 0.226 e. The fourth-order valence-electron chi connectivity index (χ4n) is 5.79. The van der Waals surface area contributed by atoms with Gasteiger partial charge in [-0.2, -0.15) is 0 Å². The minimum Gasteiger partial charge on any atom is -0.491 e. The number of aliphatic hydroxyl groups excluding tert-OH is 1.